The Morgan fingerprint density at radius 1 is 1.13 bits per heavy atom. The molecule has 0 saturated carbocycles. The lowest BCUT2D eigenvalue weighted by Gasteiger charge is -2.23. The number of anilines is 1. The van der Waals surface area contributed by atoms with Crippen LogP contribution < -0.4 is 10.1 Å². The summed E-state index contributed by atoms with van der Waals surface area (Å²) in [6, 6.07) is 8.18. The van der Waals surface area contributed by atoms with Crippen molar-refractivity contribution in [3.8, 4) is 5.75 Å². The third kappa shape index (κ3) is 3.15. The molecule has 3 heterocycles. The third-order valence-electron chi connectivity index (χ3n) is 4.64. The maximum atomic E-state index is 5.89. The van der Waals surface area contributed by atoms with Gasteiger partial charge >= 0.3 is 0 Å². The number of nitrogens with zero attached hydrogens (tertiary/aromatic N) is 2. The van der Waals surface area contributed by atoms with E-state index in [1.165, 1.54) is 5.56 Å². The fraction of sp³-hybridized carbons (Fsp3) is 0.444. The van der Waals surface area contributed by atoms with E-state index in [1.807, 2.05) is 18.2 Å². The van der Waals surface area contributed by atoms with Gasteiger partial charge in [0.1, 0.15) is 24.5 Å². The molecular weight excluding hydrogens is 290 g/mol. The van der Waals surface area contributed by atoms with Crippen LogP contribution in [0.2, 0.25) is 0 Å². The zero-order valence-electron chi connectivity index (χ0n) is 13.1. The van der Waals surface area contributed by atoms with Gasteiger partial charge in [0.2, 0.25) is 0 Å². The summed E-state index contributed by atoms with van der Waals surface area (Å²) in [5.74, 6) is 2.55. The van der Waals surface area contributed by atoms with Gasteiger partial charge in [0.25, 0.3) is 0 Å². The van der Waals surface area contributed by atoms with Crippen LogP contribution >= 0.6 is 0 Å². The lowest BCUT2D eigenvalue weighted by atomic mass is 10.00. The zero-order valence-corrected chi connectivity index (χ0v) is 13.1. The Morgan fingerprint density at radius 3 is 2.91 bits per heavy atom. The summed E-state index contributed by atoms with van der Waals surface area (Å²) in [7, 11) is 0. The molecule has 1 fully saturated rings. The Bertz CT molecular complexity index is 684. The number of para-hydroxylation sites is 1. The molecule has 1 saturated heterocycles. The molecule has 0 aliphatic carbocycles. The topological polar surface area (TPSA) is 56.3 Å². The van der Waals surface area contributed by atoms with E-state index in [0.29, 0.717) is 12.5 Å². The molecule has 120 valence electrons. The maximum absolute atomic E-state index is 5.89. The molecule has 5 nitrogen and oxygen atoms in total. The summed E-state index contributed by atoms with van der Waals surface area (Å²) in [6.07, 6.45) is 4.67. The molecule has 0 radical (unpaired) electrons. The van der Waals surface area contributed by atoms with Crippen molar-refractivity contribution < 1.29 is 9.47 Å². The van der Waals surface area contributed by atoms with Crippen molar-refractivity contribution in [3.63, 3.8) is 0 Å². The SMILES string of the molecule is c1ccc2c(c1)Cc1c(ncnc1NCC1CCOCC1)CO2. The first kappa shape index (κ1) is 14.5. The normalized spacial score (nSPS) is 17.6. The van der Waals surface area contributed by atoms with Gasteiger partial charge in [0.15, 0.2) is 0 Å². The van der Waals surface area contributed by atoms with Crippen LogP contribution in [0, 0.1) is 5.92 Å². The second-order valence-corrected chi connectivity index (χ2v) is 6.16. The first-order valence-corrected chi connectivity index (χ1v) is 8.25. The van der Waals surface area contributed by atoms with Crippen LogP contribution in [0.4, 0.5) is 5.82 Å². The minimum absolute atomic E-state index is 0.501. The molecule has 23 heavy (non-hydrogen) atoms. The number of hydrogen-bond acceptors (Lipinski definition) is 5. The largest absolute Gasteiger partial charge is 0.487 e. The molecule has 2 aliphatic rings. The summed E-state index contributed by atoms with van der Waals surface area (Å²) < 4.78 is 11.3. The quantitative estimate of drug-likeness (QED) is 0.944. The second-order valence-electron chi connectivity index (χ2n) is 6.16. The fourth-order valence-electron chi connectivity index (χ4n) is 3.23. The Balaban J connectivity index is 1.55. The van der Waals surface area contributed by atoms with E-state index in [-0.39, 0.29) is 0 Å². The van der Waals surface area contributed by atoms with Crippen LogP contribution in [-0.4, -0.2) is 29.7 Å². The fourth-order valence-corrected chi connectivity index (χ4v) is 3.23. The number of nitrogens with one attached hydrogen (secondary N) is 1. The first-order chi connectivity index (χ1) is 11.4. The highest BCUT2D eigenvalue weighted by Crippen LogP contribution is 2.30. The van der Waals surface area contributed by atoms with Crippen LogP contribution in [0.25, 0.3) is 0 Å². The number of benzene rings is 1. The predicted octanol–water partition coefficient (Wildman–Crippen LogP) is 2.80. The minimum atomic E-state index is 0.501. The van der Waals surface area contributed by atoms with Gasteiger partial charge in [-0.15, -0.1) is 0 Å². The van der Waals surface area contributed by atoms with Crippen molar-refractivity contribution in [1.29, 1.82) is 0 Å². The highest BCUT2D eigenvalue weighted by Gasteiger charge is 2.20. The van der Waals surface area contributed by atoms with E-state index in [9.17, 15) is 0 Å². The number of hydrogen-bond donors (Lipinski definition) is 1. The third-order valence-corrected chi connectivity index (χ3v) is 4.64. The van der Waals surface area contributed by atoms with Gasteiger partial charge in [0, 0.05) is 31.7 Å². The predicted molar refractivity (Wildman–Crippen MR) is 87.6 cm³/mol. The van der Waals surface area contributed by atoms with Gasteiger partial charge in [-0.1, -0.05) is 18.2 Å². The molecule has 5 heteroatoms. The highest BCUT2D eigenvalue weighted by atomic mass is 16.5. The van der Waals surface area contributed by atoms with E-state index in [0.717, 1.165) is 61.8 Å². The van der Waals surface area contributed by atoms with Crippen molar-refractivity contribution in [3.05, 3.63) is 47.4 Å². The van der Waals surface area contributed by atoms with E-state index in [4.69, 9.17) is 9.47 Å². The molecule has 1 aromatic heterocycles. The standard InChI is InChI=1S/C18H21N3O2/c1-2-4-17-14(3-1)9-15-16(11-23-17)20-12-21-18(15)19-10-13-5-7-22-8-6-13/h1-4,12-13H,5-11H2,(H,19,20,21). The Morgan fingerprint density at radius 2 is 2.00 bits per heavy atom. The van der Waals surface area contributed by atoms with Crippen LogP contribution in [0.3, 0.4) is 0 Å². The Kier molecular flexibility index (Phi) is 4.11. The average Bonchev–Trinajstić information content (AvgIpc) is 2.80. The first-order valence-electron chi connectivity index (χ1n) is 8.25. The molecular formula is C18H21N3O2. The molecule has 1 N–H and O–H groups in total. The number of fused-ring (bicyclic) bond motifs is 2. The van der Waals surface area contributed by atoms with Crippen LogP contribution in [0.15, 0.2) is 30.6 Å². The molecule has 2 aliphatic heterocycles. The van der Waals surface area contributed by atoms with E-state index in [1.54, 1.807) is 6.33 Å². The molecule has 0 unspecified atom stereocenters. The van der Waals surface area contributed by atoms with Crippen LogP contribution in [-0.2, 0) is 17.8 Å². The van der Waals surface area contributed by atoms with E-state index < -0.39 is 0 Å². The summed E-state index contributed by atoms with van der Waals surface area (Å²) >= 11 is 0. The highest BCUT2D eigenvalue weighted by molar-refractivity contribution is 5.51. The van der Waals surface area contributed by atoms with Crippen molar-refractivity contribution >= 4 is 5.82 Å². The molecule has 2 aromatic rings. The van der Waals surface area contributed by atoms with Crippen molar-refractivity contribution in [1.82, 2.24) is 9.97 Å². The van der Waals surface area contributed by atoms with Gasteiger partial charge in [-0.05, 0) is 30.4 Å². The summed E-state index contributed by atoms with van der Waals surface area (Å²) in [4.78, 5) is 8.90. The molecule has 4 rings (SSSR count). The molecule has 0 atom stereocenters. The van der Waals surface area contributed by atoms with E-state index >= 15 is 0 Å². The van der Waals surface area contributed by atoms with Gasteiger partial charge in [-0.2, -0.15) is 0 Å². The van der Waals surface area contributed by atoms with Crippen molar-refractivity contribution in [2.75, 3.05) is 25.1 Å². The Hall–Kier alpha value is -2.14. The average molecular weight is 311 g/mol. The number of rotatable bonds is 3. The molecule has 0 spiro atoms. The van der Waals surface area contributed by atoms with Crippen LogP contribution in [0.1, 0.15) is 29.7 Å². The summed E-state index contributed by atoms with van der Waals surface area (Å²) in [5, 5.41) is 3.54. The zero-order chi connectivity index (χ0) is 15.5. The Labute approximate surface area is 136 Å². The summed E-state index contributed by atoms with van der Waals surface area (Å²) in [5.41, 5.74) is 3.32. The lowest BCUT2D eigenvalue weighted by molar-refractivity contribution is 0.0699. The summed E-state index contributed by atoms with van der Waals surface area (Å²) in [6.45, 7) is 3.18. The molecule has 0 amide bonds. The lowest BCUT2D eigenvalue weighted by Crippen LogP contribution is -2.23. The number of ether oxygens (including phenoxy) is 2. The van der Waals surface area contributed by atoms with Crippen molar-refractivity contribution in [2.24, 2.45) is 5.92 Å². The smallest absolute Gasteiger partial charge is 0.133 e. The number of aromatic nitrogens is 2. The van der Waals surface area contributed by atoms with Gasteiger partial charge in [-0.3, -0.25) is 0 Å². The maximum Gasteiger partial charge on any atom is 0.133 e. The van der Waals surface area contributed by atoms with Crippen LogP contribution in [0.5, 0.6) is 5.75 Å². The van der Waals surface area contributed by atoms with Gasteiger partial charge < -0.3 is 14.8 Å². The minimum Gasteiger partial charge on any atom is -0.487 e. The monoisotopic (exact) mass is 311 g/mol. The van der Waals surface area contributed by atoms with E-state index in [2.05, 4.69) is 21.4 Å². The van der Waals surface area contributed by atoms with Gasteiger partial charge in [0.05, 0.1) is 5.69 Å². The molecule has 1 aromatic carbocycles. The molecule has 0 bridgehead atoms. The van der Waals surface area contributed by atoms with Crippen molar-refractivity contribution in [2.45, 2.75) is 25.9 Å². The second kappa shape index (κ2) is 6.54. The van der Waals surface area contributed by atoms with Gasteiger partial charge in [-0.25, -0.2) is 9.97 Å².